The highest BCUT2D eigenvalue weighted by molar-refractivity contribution is 7.92. The summed E-state index contributed by atoms with van der Waals surface area (Å²) in [6.07, 6.45) is 1.26. The Morgan fingerprint density at radius 1 is 1.00 bits per heavy atom. The Hall–Kier alpha value is -1.71. The molecule has 2 amide bonds. The minimum atomic E-state index is -3.91. The Morgan fingerprint density at radius 2 is 1.67 bits per heavy atom. The molecule has 0 unspecified atom stereocenters. The summed E-state index contributed by atoms with van der Waals surface area (Å²) in [4.78, 5) is 27.3. The topological polar surface area (TPSA) is 86.8 Å². The van der Waals surface area contributed by atoms with Crippen LogP contribution in [0.25, 0.3) is 0 Å². The fraction of sp³-hybridized carbons (Fsp3) is 0.333. The van der Waals surface area contributed by atoms with E-state index in [1.165, 1.54) is 30.1 Å². The van der Waals surface area contributed by atoms with Crippen LogP contribution < -0.4 is 9.62 Å². The zero-order chi connectivity index (χ0) is 24.9. The SMILES string of the molecule is CC[C@H](C(=O)NC)N(Cc1ccc(Cl)c(Cl)c1)C(=O)CN(c1ccc(Cl)cc1Cl)S(C)(=O)=O. The van der Waals surface area contributed by atoms with Gasteiger partial charge < -0.3 is 10.2 Å². The molecule has 0 saturated heterocycles. The van der Waals surface area contributed by atoms with Crippen LogP contribution in [0, 0.1) is 0 Å². The van der Waals surface area contributed by atoms with E-state index >= 15 is 0 Å². The molecule has 1 atom stereocenters. The number of halogens is 4. The molecule has 0 heterocycles. The molecular formula is C21H23Cl4N3O4S. The predicted octanol–water partition coefficient (Wildman–Crippen LogP) is 4.62. The van der Waals surface area contributed by atoms with E-state index in [9.17, 15) is 18.0 Å². The third-order valence-electron chi connectivity index (χ3n) is 4.83. The lowest BCUT2D eigenvalue weighted by atomic mass is 10.1. The van der Waals surface area contributed by atoms with E-state index in [2.05, 4.69) is 5.32 Å². The van der Waals surface area contributed by atoms with Gasteiger partial charge in [-0.2, -0.15) is 0 Å². The fourth-order valence-corrected chi connectivity index (χ4v) is 4.94. The van der Waals surface area contributed by atoms with Gasteiger partial charge in [0.1, 0.15) is 12.6 Å². The lowest BCUT2D eigenvalue weighted by Crippen LogP contribution is -2.51. The Morgan fingerprint density at radius 3 is 2.18 bits per heavy atom. The van der Waals surface area contributed by atoms with E-state index < -0.39 is 28.5 Å². The molecule has 0 aliphatic heterocycles. The van der Waals surface area contributed by atoms with Gasteiger partial charge in [0, 0.05) is 18.6 Å². The Balaban J connectivity index is 2.48. The van der Waals surface area contributed by atoms with Gasteiger partial charge in [-0.1, -0.05) is 59.4 Å². The van der Waals surface area contributed by atoms with Gasteiger partial charge in [0.05, 0.1) is 27.0 Å². The molecule has 0 saturated carbocycles. The van der Waals surface area contributed by atoms with E-state index in [0.29, 0.717) is 27.1 Å². The Kier molecular flexibility index (Phi) is 9.70. The largest absolute Gasteiger partial charge is 0.357 e. The Labute approximate surface area is 213 Å². The van der Waals surface area contributed by atoms with Gasteiger partial charge in [-0.3, -0.25) is 13.9 Å². The highest BCUT2D eigenvalue weighted by Gasteiger charge is 2.32. The van der Waals surface area contributed by atoms with Gasteiger partial charge in [-0.25, -0.2) is 8.42 Å². The number of hydrogen-bond donors (Lipinski definition) is 1. The standard InChI is InChI=1S/C21H23Cl4N3O4S/c1-4-18(21(30)26-2)27(11-13-5-7-15(23)16(24)9-13)20(29)12-28(33(3,31)32)19-8-6-14(22)10-17(19)25/h5-10,18H,4,11-12H2,1-3H3,(H,26,30)/t18-/m1/s1. The van der Waals surface area contributed by atoms with E-state index in [4.69, 9.17) is 46.4 Å². The summed E-state index contributed by atoms with van der Waals surface area (Å²) in [5, 5.41) is 3.56. The second-order valence-corrected chi connectivity index (χ2v) is 10.7. The molecule has 180 valence electrons. The van der Waals surface area contributed by atoms with Crippen LogP contribution in [-0.4, -0.2) is 51.0 Å². The predicted molar refractivity (Wildman–Crippen MR) is 134 cm³/mol. The van der Waals surface area contributed by atoms with Gasteiger partial charge in [0.15, 0.2) is 0 Å². The molecule has 0 aliphatic rings. The van der Waals surface area contributed by atoms with Crippen LogP contribution >= 0.6 is 46.4 Å². The minimum Gasteiger partial charge on any atom is -0.357 e. The molecule has 2 aromatic carbocycles. The number of carbonyl (C=O) groups excluding carboxylic acids is 2. The van der Waals surface area contributed by atoms with Crippen molar-refractivity contribution in [1.82, 2.24) is 10.2 Å². The van der Waals surface area contributed by atoms with Crippen LogP contribution in [0.3, 0.4) is 0 Å². The van der Waals surface area contributed by atoms with Gasteiger partial charge in [-0.15, -0.1) is 0 Å². The zero-order valence-electron chi connectivity index (χ0n) is 18.1. The third kappa shape index (κ3) is 7.13. The average Bonchev–Trinajstić information content (AvgIpc) is 2.73. The van der Waals surface area contributed by atoms with E-state index in [1.807, 2.05) is 0 Å². The summed E-state index contributed by atoms with van der Waals surface area (Å²) in [5.41, 5.74) is 0.718. The maximum Gasteiger partial charge on any atom is 0.244 e. The molecule has 0 aromatic heterocycles. The number of hydrogen-bond acceptors (Lipinski definition) is 4. The van der Waals surface area contributed by atoms with Crippen molar-refractivity contribution >= 4 is 73.9 Å². The quantitative estimate of drug-likeness (QED) is 0.490. The molecule has 1 N–H and O–H groups in total. The van der Waals surface area contributed by atoms with Crippen molar-refractivity contribution in [1.29, 1.82) is 0 Å². The minimum absolute atomic E-state index is 0.00754. The molecule has 0 fully saturated rings. The highest BCUT2D eigenvalue weighted by atomic mass is 35.5. The zero-order valence-corrected chi connectivity index (χ0v) is 22.0. The lowest BCUT2D eigenvalue weighted by Gasteiger charge is -2.32. The number of carbonyl (C=O) groups is 2. The number of nitrogens with one attached hydrogen (secondary N) is 1. The molecule has 2 rings (SSSR count). The van der Waals surface area contributed by atoms with Crippen molar-refractivity contribution in [2.45, 2.75) is 25.9 Å². The van der Waals surface area contributed by atoms with Gasteiger partial charge in [0.2, 0.25) is 21.8 Å². The van der Waals surface area contributed by atoms with Gasteiger partial charge in [0.25, 0.3) is 0 Å². The normalized spacial score (nSPS) is 12.2. The van der Waals surface area contributed by atoms with Crippen LogP contribution in [0.15, 0.2) is 36.4 Å². The fourth-order valence-electron chi connectivity index (χ4n) is 3.20. The van der Waals surface area contributed by atoms with Crippen LogP contribution in [0.4, 0.5) is 5.69 Å². The first-order valence-electron chi connectivity index (χ1n) is 9.76. The van der Waals surface area contributed by atoms with Gasteiger partial charge in [-0.05, 0) is 42.3 Å². The molecule has 12 heteroatoms. The number of amides is 2. The summed E-state index contributed by atoms with van der Waals surface area (Å²) in [6.45, 7) is 1.18. The molecule has 0 bridgehead atoms. The number of nitrogens with zero attached hydrogens (tertiary/aromatic N) is 2. The molecule has 0 radical (unpaired) electrons. The van der Waals surface area contributed by atoms with Crippen molar-refractivity contribution in [3.8, 4) is 0 Å². The van der Waals surface area contributed by atoms with Crippen LogP contribution in [0.2, 0.25) is 20.1 Å². The molecule has 0 spiro atoms. The molecule has 7 nitrogen and oxygen atoms in total. The van der Waals surface area contributed by atoms with Crippen molar-refractivity contribution in [3.05, 3.63) is 62.1 Å². The van der Waals surface area contributed by atoms with Crippen molar-refractivity contribution in [2.75, 3.05) is 24.2 Å². The molecule has 0 aliphatic carbocycles. The number of sulfonamides is 1. The van der Waals surface area contributed by atoms with Gasteiger partial charge >= 0.3 is 0 Å². The summed E-state index contributed by atoms with van der Waals surface area (Å²) in [5.74, 6) is -0.991. The first-order chi connectivity index (χ1) is 15.4. The Bertz CT molecular complexity index is 1140. The van der Waals surface area contributed by atoms with Crippen LogP contribution in [0.1, 0.15) is 18.9 Å². The van der Waals surface area contributed by atoms with E-state index in [0.717, 1.165) is 10.6 Å². The number of rotatable bonds is 9. The second-order valence-electron chi connectivity index (χ2n) is 7.17. The first kappa shape index (κ1) is 27.5. The van der Waals surface area contributed by atoms with E-state index in [-0.39, 0.29) is 23.2 Å². The summed E-state index contributed by atoms with van der Waals surface area (Å²) in [7, 11) is -2.44. The van der Waals surface area contributed by atoms with Crippen LogP contribution in [0.5, 0.6) is 0 Å². The summed E-state index contributed by atoms with van der Waals surface area (Å²) in [6, 6.07) is 8.27. The summed E-state index contributed by atoms with van der Waals surface area (Å²) >= 11 is 24.2. The maximum absolute atomic E-state index is 13.4. The van der Waals surface area contributed by atoms with Crippen molar-refractivity contribution in [2.24, 2.45) is 0 Å². The van der Waals surface area contributed by atoms with Crippen molar-refractivity contribution < 1.29 is 18.0 Å². The smallest absolute Gasteiger partial charge is 0.244 e. The van der Waals surface area contributed by atoms with Crippen LogP contribution in [-0.2, 0) is 26.2 Å². The monoisotopic (exact) mass is 553 g/mol. The maximum atomic E-state index is 13.4. The second kappa shape index (κ2) is 11.6. The van der Waals surface area contributed by atoms with Crippen molar-refractivity contribution in [3.63, 3.8) is 0 Å². The number of likely N-dealkylation sites (N-methyl/N-ethyl adjacent to an activating group) is 1. The number of anilines is 1. The number of benzene rings is 2. The molecular weight excluding hydrogens is 532 g/mol. The lowest BCUT2D eigenvalue weighted by molar-refractivity contribution is -0.140. The molecule has 33 heavy (non-hydrogen) atoms. The first-order valence-corrected chi connectivity index (χ1v) is 13.1. The highest BCUT2D eigenvalue weighted by Crippen LogP contribution is 2.31. The van der Waals surface area contributed by atoms with E-state index in [1.54, 1.807) is 25.1 Å². The average molecular weight is 555 g/mol. The third-order valence-corrected chi connectivity index (χ3v) is 7.23. The molecule has 2 aromatic rings. The summed E-state index contributed by atoms with van der Waals surface area (Å²) < 4.78 is 26.0.